The number of hydrogen-bond donors (Lipinski definition) is 2. The molecule has 1 aromatic heterocycles. The summed E-state index contributed by atoms with van der Waals surface area (Å²) in [6, 6.07) is 1.91. The van der Waals surface area contributed by atoms with Crippen LogP contribution in [0, 0.1) is 0 Å². The van der Waals surface area contributed by atoms with E-state index in [0.717, 1.165) is 10.2 Å². The van der Waals surface area contributed by atoms with Gasteiger partial charge in [-0.15, -0.1) is 0 Å². The summed E-state index contributed by atoms with van der Waals surface area (Å²) in [5.74, 6) is 0. The van der Waals surface area contributed by atoms with Gasteiger partial charge >= 0.3 is 0 Å². The van der Waals surface area contributed by atoms with Gasteiger partial charge in [0.1, 0.15) is 0 Å². The SMILES string of the molecule is OC1CN(c2cncc(Br)c2)CC1O. The van der Waals surface area contributed by atoms with Gasteiger partial charge in [0, 0.05) is 23.8 Å². The van der Waals surface area contributed by atoms with Crippen molar-refractivity contribution < 1.29 is 10.2 Å². The van der Waals surface area contributed by atoms with E-state index in [-0.39, 0.29) is 0 Å². The fourth-order valence-corrected chi connectivity index (χ4v) is 1.91. The van der Waals surface area contributed by atoms with Crippen LogP contribution in [0.1, 0.15) is 0 Å². The van der Waals surface area contributed by atoms with Crippen LogP contribution in [0.15, 0.2) is 22.9 Å². The van der Waals surface area contributed by atoms with Gasteiger partial charge in [0.25, 0.3) is 0 Å². The molecule has 5 heteroatoms. The molecule has 14 heavy (non-hydrogen) atoms. The van der Waals surface area contributed by atoms with Crippen molar-refractivity contribution in [2.24, 2.45) is 0 Å². The monoisotopic (exact) mass is 258 g/mol. The maximum absolute atomic E-state index is 9.37. The molecule has 1 aliphatic heterocycles. The molecule has 0 radical (unpaired) electrons. The van der Waals surface area contributed by atoms with Gasteiger partial charge < -0.3 is 15.1 Å². The molecule has 2 unspecified atom stereocenters. The Morgan fingerprint density at radius 2 is 1.93 bits per heavy atom. The molecule has 2 heterocycles. The summed E-state index contributed by atoms with van der Waals surface area (Å²) < 4.78 is 0.894. The van der Waals surface area contributed by atoms with E-state index in [1.165, 1.54) is 0 Å². The highest BCUT2D eigenvalue weighted by molar-refractivity contribution is 9.10. The lowest BCUT2D eigenvalue weighted by Crippen LogP contribution is -2.22. The van der Waals surface area contributed by atoms with Gasteiger partial charge in [-0.3, -0.25) is 4.98 Å². The molecule has 1 fully saturated rings. The average Bonchev–Trinajstić information content (AvgIpc) is 2.47. The number of hydrogen-bond acceptors (Lipinski definition) is 4. The molecule has 76 valence electrons. The molecule has 1 aliphatic rings. The molecule has 2 rings (SSSR count). The lowest BCUT2D eigenvalue weighted by Gasteiger charge is -2.16. The summed E-state index contributed by atoms with van der Waals surface area (Å²) in [5.41, 5.74) is 0.912. The summed E-state index contributed by atoms with van der Waals surface area (Å²) >= 11 is 3.33. The number of aromatic nitrogens is 1. The molecule has 0 saturated carbocycles. The highest BCUT2D eigenvalue weighted by Gasteiger charge is 2.29. The van der Waals surface area contributed by atoms with Crippen molar-refractivity contribution in [2.75, 3.05) is 18.0 Å². The molecule has 0 bridgehead atoms. The van der Waals surface area contributed by atoms with Crippen molar-refractivity contribution in [1.82, 2.24) is 4.98 Å². The zero-order valence-corrected chi connectivity index (χ0v) is 9.05. The normalized spacial score (nSPS) is 26.9. The second-order valence-electron chi connectivity index (χ2n) is 3.40. The van der Waals surface area contributed by atoms with Crippen molar-refractivity contribution in [1.29, 1.82) is 0 Å². The molecule has 2 atom stereocenters. The van der Waals surface area contributed by atoms with E-state index in [9.17, 15) is 10.2 Å². The summed E-state index contributed by atoms with van der Waals surface area (Å²) in [5, 5.41) is 18.7. The minimum atomic E-state index is -0.658. The first-order valence-corrected chi connectivity index (χ1v) is 5.18. The molecule has 2 N–H and O–H groups in total. The third-order valence-corrected chi connectivity index (χ3v) is 2.75. The van der Waals surface area contributed by atoms with E-state index in [2.05, 4.69) is 20.9 Å². The minimum absolute atomic E-state index is 0.458. The minimum Gasteiger partial charge on any atom is -0.389 e. The second kappa shape index (κ2) is 3.84. The van der Waals surface area contributed by atoms with Crippen LogP contribution in [0.5, 0.6) is 0 Å². The van der Waals surface area contributed by atoms with Crippen LogP contribution in [0.2, 0.25) is 0 Å². The highest BCUT2D eigenvalue weighted by atomic mass is 79.9. The quantitative estimate of drug-likeness (QED) is 0.765. The molecule has 0 spiro atoms. The van der Waals surface area contributed by atoms with Gasteiger partial charge in [-0.25, -0.2) is 0 Å². The number of halogens is 1. The number of β-amino-alcohol motifs (C(OH)–C–C–N with tert-alkyl or cyclic N) is 2. The van der Waals surface area contributed by atoms with Crippen molar-refractivity contribution >= 4 is 21.6 Å². The number of rotatable bonds is 1. The van der Waals surface area contributed by atoms with Gasteiger partial charge in [-0.2, -0.15) is 0 Å². The van der Waals surface area contributed by atoms with Crippen LogP contribution >= 0.6 is 15.9 Å². The number of pyridine rings is 1. The van der Waals surface area contributed by atoms with Crippen LogP contribution in [0.4, 0.5) is 5.69 Å². The Bertz CT molecular complexity index is 324. The van der Waals surface area contributed by atoms with Gasteiger partial charge in [0.2, 0.25) is 0 Å². The third-order valence-electron chi connectivity index (χ3n) is 2.31. The molecule has 0 aliphatic carbocycles. The zero-order chi connectivity index (χ0) is 10.1. The molecular weight excluding hydrogens is 248 g/mol. The zero-order valence-electron chi connectivity index (χ0n) is 7.47. The van der Waals surface area contributed by atoms with Gasteiger partial charge in [-0.05, 0) is 22.0 Å². The number of aliphatic hydroxyl groups is 2. The summed E-state index contributed by atoms with van der Waals surface area (Å²) in [6.07, 6.45) is 2.10. The van der Waals surface area contributed by atoms with Crippen molar-refractivity contribution in [3.8, 4) is 0 Å². The van der Waals surface area contributed by atoms with Crippen LogP contribution < -0.4 is 4.90 Å². The van der Waals surface area contributed by atoms with E-state index < -0.39 is 12.2 Å². The predicted molar refractivity (Wildman–Crippen MR) is 56.2 cm³/mol. The molecule has 1 aromatic rings. The maximum atomic E-state index is 9.37. The summed E-state index contributed by atoms with van der Waals surface area (Å²) in [7, 11) is 0. The second-order valence-corrected chi connectivity index (χ2v) is 4.32. The van der Waals surface area contributed by atoms with Crippen LogP contribution in [-0.2, 0) is 0 Å². The number of nitrogens with zero attached hydrogens (tertiary/aromatic N) is 2. The highest BCUT2D eigenvalue weighted by Crippen LogP contribution is 2.22. The molecule has 4 nitrogen and oxygen atoms in total. The van der Waals surface area contributed by atoms with E-state index in [4.69, 9.17) is 0 Å². The fraction of sp³-hybridized carbons (Fsp3) is 0.444. The fourth-order valence-electron chi connectivity index (χ4n) is 1.55. The summed E-state index contributed by atoms with van der Waals surface area (Å²) in [6.45, 7) is 0.915. The molecule has 0 amide bonds. The molecule has 0 aromatic carbocycles. The maximum Gasteiger partial charge on any atom is 0.0990 e. The standard InChI is InChI=1S/C9H11BrN2O2/c10-6-1-7(3-11-2-6)12-4-8(13)9(14)5-12/h1-3,8-9,13-14H,4-5H2. The van der Waals surface area contributed by atoms with E-state index in [1.54, 1.807) is 12.4 Å². The first kappa shape index (κ1) is 9.89. The van der Waals surface area contributed by atoms with Crippen molar-refractivity contribution in [3.63, 3.8) is 0 Å². The lowest BCUT2D eigenvalue weighted by molar-refractivity contribution is 0.0572. The van der Waals surface area contributed by atoms with E-state index in [1.807, 2.05) is 11.0 Å². The van der Waals surface area contributed by atoms with Gasteiger partial charge in [0.15, 0.2) is 0 Å². The largest absolute Gasteiger partial charge is 0.389 e. The Balaban J connectivity index is 2.17. The molecular formula is C9H11BrN2O2. The Kier molecular flexibility index (Phi) is 2.71. The third kappa shape index (κ3) is 1.89. The molecule has 1 saturated heterocycles. The average molecular weight is 259 g/mol. The van der Waals surface area contributed by atoms with Crippen LogP contribution in [0.3, 0.4) is 0 Å². The Labute approximate surface area is 90.3 Å². The summed E-state index contributed by atoms with van der Waals surface area (Å²) in [4.78, 5) is 5.94. The predicted octanol–water partition coefficient (Wildman–Crippen LogP) is 0.386. The first-order chi connectivity index (χ1) is 6.66. The van der Waals surface area contributed by atoms with Crippen molar-refractivity contribution in [3.05, 3.63) is 22.9 Å². The Hall–Kier alpha value is -0.650. The van der Waals surface area contributed by atoms with Gasteiger partial charge in [-0.1, -0.05) is 0 Å². The Morgan fingerprint density at radius 3 is 2.50 bits per heavy atom. The number of aliphatic hydroxyl groups excluding tert-OH is 2. The smallest absolute Gasteiger partial charge is 0.0990 e. The van der Waals surface area contributed by atoms with E-state index in [0.29, 0.717) is 13.1 Å². The van der Waals surface area contributed by atoms with Gasteiger partial charge in [0.05, 0.1) is 24.1 Å². The topological polar surface area (TPSA) is 56.6 Å². The Morgan fingerprint density at radius 1 is 1.29 bits per heavy atom. The number of anilines is 1. The lowest BCUT2D eigenvalue weighted by atomic mass is 10.3. The first-order valence-electron chi connectivity index (χ1n) is 4.38. The van der Waals surface area contributed by atoms with Crippen molar-refractivity contribution in [2.45, 2.75) is 12.2 Å². The van der Waals surface area contributed by atoms with E-state index >= 15 is 0 Å². The van der Waals surface area contributed by atoms with Crippen LogP contribution in [0.25, 0.3) is 0 Å². The van der Waals surface area contributed by atoms with Crippen LogP contribution in [-0.4, -0.2) is 40.5 Å².